The average Bonchev–Trinajstić information content (AvgIpc) is 2.53. The average molecular weight is 330 g/mol. The van der Waals surface area contributed by atoms with Crippen LogP contribution in [0, 0.1) is 5.92 Å². The molecule has 2 aromatic rings. The Labute approximate surface area is 137 Å². The number of amides is 1. The molecule has 1 amide bonds. The molecule has 0 aromatic carbocycles. The topological polar surface area (TPSA) is 117 Å². The van der Waals surface area contributed by atoms with E-state index in [0.717, 1.165) is 10.3 Å². The molecule has 24 heavy (non-hydrogen) atoms. The summed E-state index contributed by atoms with van der Waals surface area (Å²) >= 11 is 0. The van der Waals surface area contributed by atoms with Gasteiger partial charge in [-0.1, -0.05) is 6.07 Å². The quantitative estimate of drug-likeness (QED) is 0.687. The van der Waals surface area contributed by atoms with Gasteiger partial charge < -0.3 is 10.4 Å². The second-order valence-electron chi connectivity index (χ2n) is 5.92. The van der Waals surface area contributed by atoms with Crippen molar-refractivity contribution in [3.8, 4) is 0 Å². The lowest BCUT2D eigenvalue weighted by molar-refractivity contribution is -0.123. The van der Waals surface area contributed by atoms with Gasteiger partial charge in [0.25, 0.3) is 5.56 Å². The van der Waals surface area contributed by atoms with E-state index < -0.39 is 11.2 Å². The molecule has 1 aliphatic carbocycles. The van der Waals surface area contributed by atoms with Crippen LogP contribution < -0.4 is 16.6 Å². The third-order valence-corrected chi connectivity index (χ3v) is 4.15. The Balaban J connectivity index is 1.73. The van der Waals surface area contributed by atoms with Crippen LogP contribution in [0.4, 0.5) is 0 Å². The van der Waals surface area contributed by atoms with E-state index in [0.29, 0.717) is 12.8 Å². The van der Waals surface area contributed by atoms with Crippen molar-refractivity contribution >= 4 is 5.91 Å². The number of nitrogens with one attached hydrogen (secondary N) is 2. The molecule has 8 nitrogen and oxygen atoms in total. The van der Waals surface area contributed by atoms with Gasteiger partial charge >= 0.3 is 5.69 Å². The van der Waals surface area contributed by atoms with E-state index in [1.165, 1.54) is 12.3 Å². The molecule has 0 saturated heterocycles. The molecule has 2 heterocycles. The predicted molar refractivity (Wildman–Crippen MR) is 85.2 cm³/mol. The van der Waals surface area contributed by atoms with Gasteiger partial charge in [-0.05, 0) is 30.9 Å². The minimum atomic E-state index is -0.633. The molecule has 0 aliphatic heterocycles. The van der Waals surface area contributed by atoms with E-state index in [1.807, 2.05) is 12.1 Å². The SMILES string of the molecule is O=C(Cn1ccc(=O)[nH]c1=O)N[C@@H](c1ccccn1)C1CC(O)C1. The zero-order valence-electron chi connectivity index (χ0n) is 12.9. The van der Waals surface area contributed by atoms with Crippen LogP contribution in [0.15, 0.2) is 46.2 Å². The molecule has 0 spiro atoms. The third-order valence-electron chi connectivity index (χ3n) is 4.15. The number of pyridine rings is 1. The molecule has 2 aromatic heterocycles. The van der Waals surface area contributed by atoms with Crippen molar-refractivity contribution < 1.29 is 9.90 Å². The molecule has 126 valence electrons. The second kappa shape index (κ2) is 6.79. The molecule has 1 saturated carbocycles. The maximum absolute atomic E-state index is 12.3. The normalized spacial score (nSPS) is 20.9. The monoisotopic (exact) mass is 330 g/mol. The van der Waals surface area contributed by atoms with Gasteiger partial charge in [-0.25, -0.2) is 4.79 Å². The first-order valence-electron chi connectivity index (χ1n) is 7.71. The van der Waals surface area contributed by atoms with Gasteiger partial charge in [0.15, 0.2) is 0 Å². The predicted octanol–water partition coefficient (Wildman–Crippen LogP) is -0.440. The Hall–Kier alpha value is -2.74. The van der Waals surface area contributed by atoms with Crippen molar-refractivity contribution in [3.63, 3.8) is 0 Å². The zero-order valence-corrected chi connectivity index (χ0v) is 12.9. The number of H-pyrrole nitrogens is 1. The standard InChI is InChI=1S/C16H18N4O4/c21-11-7-10(8-11)15(12-3-1-2-5-17-12)18-14(23)9-20-6-4-13(22)19-16(20)24/h1-6,10-11,15,21H,7-9H2,(H,18,23)(H,19,22,24)/t10?,11?,15-/m1/s1. The zero-order chi connectivity index (χ0) is 17.1. The van der Waals surface area contributed by atoms with Gasteiger partial charge in [0.05, 0.1) is 17.8 Å². The number of aliphatic hydroxyl groups is 1. The van der Waals surface area contributed by atoms with E-state index in [9.17, 15) is 19.5 Å². The Kier molecular flexibility index (Phi) is 4.57. The van der Waals surface area contributed by atoms with Gasteiger partial charge in [-0.3, -0.25) is 24.1 Å². The fourth-order valence-corrected chi connectivity index (χ4v) is 2.84. The summed E-state index contributed by atoms with van der Waals surface area (Å²) in [5, 5.41) is 12.4. The smallest absolute Gasteiger partial charge is 0.328 e. The second-order valence-corrected chi connectivity index (χ2v) is 5.92. The molecule has 1 aliphatic rings. The van der Waals surface area contributed by atoms with Crippen LogP contribution in [-0.4, -0.2) is 31.7 Å². The molecule has 0 bridgehead atoms. The molecule has 1 fully saturated rings. The van der Waals surface area contributed by atoms with Gasteiger partial charge in [0.1, 0.15) is 6.54 Å². The first-order chi connectivity index (χ1) is 11.5. The van der Waals surface area contributed by atoms with Crippen LogP contribution in [0.5, 0.6) is 0 Å². The summed E-state index contributed by atoms with van der Waals surface area (Å²) in [7, 11) is 0. The van der Waals surface area contributed by atoms with E-state index >= 15 is 0 Å². The van der Waals surface area contributed by atoms with Crippen LogP contribution in [0.25, 0.3) is 0 Å². The number of hydrogen-bond acceptors (Lipinski definition) is 5. The lowest BCUT2D eigenvalue weighted by atomic mass is 9.76. The summed E-state index contributed by atoms with van der Waals surface area (Å²) < 4.78 is 1.13. The van der Waals surface area contributed by atoms with Gasteiger partial charge in [-0.2, -0.15) is 0 Å². The summed E-state index contributed by atoms with van der Waals surface area (Å²) in [5.41, 5.74) is -0.422. The lowest BCUT2D eigenvalue weighted by Crippen LogP contribution is -2.43. The van der Waals surface area contributed by atoms with Gasteiger partial charge in [0.2, 0.25) is 5.91 Å². The highest BCUT2D eigenvalue weighted by Gasteiger charge is 2.36. The van der Waals surface area contributed by atoms with Crippen LogP contribution in [0.2, 0.25) is 0 Å². The van der Waals surface area contributed by atoms with Crippen LogP contribution >= 0.6 is 0 Å². The van der Waals surface area contributed by atoms with E-state index in [1.54, 1.807) is 12.3 Å². The number of carbonyl (C=O) groups excluding carboxylic acids is 1. The summed E-state index contributed by atoms with van der Waals surface area (Å²) in [6, 6.07) is 6.32. The number of nitrogens with zero attached hydrogens (tertiary/aromatic N) is 2. The van der Waals surface area contributed by atoms with Crippen molar-refractivity contribution in [2.75, 3.05) is 0 Å². The summed E-state index contributed by atoms with van der Waals surface area (Å²) in [5.74, 6) is -0.257. The van der Waals surface area contributed by atoms with Crippen LogP contribution in [0.1, 0.15) is 24.6 Å². The Bertz CT molecular complexity index is 824. The molecular formula is C16H18N4O4. The minimum absolute atomic E-state index is 0.103. The molecule has 8 heteroatoms. The molecule has 1 atom stereocenters. The fraction of sp³-hybridized carbons (Fsp3) is 0.375. The highest BCUT2D eigenvalue weighted by molar-refractivity contribution is 5.76. The highest BCUT2D eigenvalue weighted by Crippen LogP contribution is 2.37. The van der Waals surface area contributed by atoms with Crippen molar-refractivity contribution in [3.05, 3.63) is 63.2 Å². The molecule has 0 unspecified atom stereocenters. The lowest BCUT2D eigenvalue weighted by Gasteiger charge is -2.37. The van der Waals surface area contributed by atoms with Crippen molar-refractivity contribution in [2.45, 2.75) is 31.5 Å². The van der Waals surface area contributed by atoms with E-state index in [2.05, 4.69) is 15.3 Å². The minimum Gasteiger partial charge on any atom is -0.393 e. The maximum Gasteiger partial charge on any atom is 0.328 e. The largest absolute Gasteiger partial charge is 0.393 e. The van der Waals surface area contributed by atoms with E-state index in [-0.39, 0.29) is 30.5 Å². The molecule has 0 radical (unpaired) electrons. The first-order valence-corrected chi connectivity index (χ1v) is 7.71. The van der Waals surface area contributed by atoms with Crippen molar-refractivity contribution in [1.82, 2.24) is 19.9 Å². The van der Waals surface area contributed by atoms with Crippen LogP contribution in [-0.2, 0) is 11.3 Å². The maximum atomic E-state index is 12.3. The number of hydrogen-bond donors (Lipinski definition) is 3. The molecule has 3 rings (SSSR count). The number of carbonyl (C=O) groups is 1. The van der Waals surface area contributed by atoms with Crippen molar-refractivity contribution in [2.24, 2.45) is 5.92 Å². The highest BCUT2D eigenvalue weighted by atomic mass is 16.3. The molecular weight excluding hydrogens is 312 g/mol. The van der Waals surface area contributed by atoms with Crippen molar-refractivity contribution in [1.29, 1.82) is 0 Å². The Morgan fingerprint density at radius 2 is 2.17 bits per heavy atom. The fourth-order valence-electron chi connectivity index (χ4n) is 2.84. The van der Waals surface area contributed by atoms with Gasteiger partial charge in [0, 0.05) is 18.5 Å². The van der Waals surface area contributed by atoms with Crippen LogP contribution in [0.3, 0.4) is 0 Å². The molecule has 3 N–H and O–H groups in total. The number of rotatable bonds is 5. The van der Waals surface area contributed by atoms with Gasteiger partial charge in [-0.15, -0.1) is 0 Å². The first kappa shape index (κ1) is 16.1. The number of aromatic amines is 1. The summed E-state index contributed by atoms with van der Waals surface area (Å²) in [6.07, 6.45) is 3.78. The summed E-state index contributed by atoms with van der Waals surface area (Å²) in [6.45, 7) is -0.200. The number of aliphatic hydroxyl groups excluding tert-OH is 1. The summed E-state index contributed by atoms with van der Waals surface area (Å²) in [4.78, 5) is 41.4. The number of aromatic nitrogens is 3. The van der Waals surface area contributed by atoms with E-state index in [4.69, 9.17) is 0 Å². The third kappa shape index (κ3) is 3.60. The Morgan fingerprint density at radius 3 is 2.79 bits per heavy atom. The Morgan fingerprint density at radius 1 is 1.38 bits per heavy atom.